The van der Waals surface area contributed by atoms with E-state index < -0.39 is 0 Å². The van der Waals surface area contributed by atoms with Gasteiger partial charge in [0.1, 0.15) is 0 Å². The first-order valence-corrected chi connectivity index (χ1v) is 3.73. The standard InChI is InChI=1S/C4H6N2OS2/c1-2-7-3-5-4(8)9-6-3/h2H2,1H3,(H,5,6,8). The highest BCUT2D eigenvalue weighted by molar-refractivity contribution is 7.73. The van der Waals surface area contributed by atoms with E-state index in [9.17, 15) is 0 Å². The van der Waals surface area contributed by atoms with Crippen LogP contribution in [0, 0.1) is 3.95 Å². The Bertz CT molecular complexity index is 228. The molecule has 3 nitrogen and oxygen atoms in total. The largest absolute Gasteiger partial charge is 0.465 e. The van der Waals surface area contributed by atoms with Crippen LogP contribution in [-0.4, -0.2) is 16.0 Å². The van der Waals surface area contributed by atoms with Crippen LogP contribution in [-0.2, 0) is 0 Å². The molecule has 0 spiro atoms. The van der Waals surface area contributed by atoms with Crippen molar-refractivity contribution in [3.63, 3.8) is 0 Å². The molecule has 1 aromatic heterocycles. The van der Waals surface area contributed by atoms with Gasteiger partial charge in [-0.3, -0.25) is 4.37 Å². The molecular formula is C4H6N2OS2. The smallest absolute Gasteiger partial charge is 0.305 e. The molecule has 1 heterocycles. The van der Waals surface area contributed by atoms with Crippen LogP contribution in [0.25, 0.3) is 0 Å². The quantitative estimate of drug-likeness (QED) is 0.671. The topological polar surface area (TPSA) is 37.9 Å². The number of aromatic nitrogens is 2. The van der Waals surface area contributed by atoms with Gasteiger partial charge in [0, 0.05) is 0 Å². The fourth-order valence-electron chi connectivity index (χ4n) is 0.414. The number of nitrogens with zero attached hydrogens (tertiary/aromatic N) is 1. The zero-order chi connectivity index (χ0) is 6.69. The van der Waals surface area contributed by atoms with Gasteiger partial charge in [0.05, 0.1) is 6.61 Å². The molecule has 5 heteroatoms. The van der Waals surface area contributed by atoms with Gasteiger partial charge >= 0.3 is 6.01 Å². The van der Waals surface area contributed by atoms with Gasteiger partial charge in [-0.2, -0.15) is 4.98 Å². The fourth-order valence-corrected chi connectivity index (χ4v) is 1.03. The second-order valence-electron chi connectivity index (χ2n) is 1.32. The van der Waals surface area contributed by atoms with E-state index >= 15 is 0 Å². The number of rotatable bonds is 2. The lowest BCUT2D eigenvalue weighted by Gasteiger charge is -1.91. The summed E-state index contributed by atoms with van der Waals surface area (Å²) in [5, 5.41) is 0. The molecule has 1 rings (SSSR count). The molecule has 0 atom stereocenters. The van der Waals surface area contributed by atoms with Gasteiger partial charge in [-0.25, -0.2) is 0 Å². The summed E-state index contributed by atoms with van der Waals surface area (Å²) in [7, 11) is 0. The zero-order valence-electron chi connectivity index (χ0n) is 4.88. The van der Waals surface area contributed by atoms with Crippen molar-refractivity contribution in [1.29, 1.82) is 0 Å². The average Bonchev–Trinajstić information content (AvgIpc) is 2.17. The van der Waals surface area contributed by atoms with Crippen LogP contribution < -0.4 is 4.74 Å². The van der Waals surface area contributed by atoms with Crippen molar-refractivity contribution >= 4 is 23.8 Å². The molecule has 0 unspecified atom stereocenters. The van der Waals surface area contributed by atoms with Crippen molar-refractivity contribution < 1.29 is 4.74 Å². The van der Waals surface area contributed by atoms with E-state index in [1.807, 2.05) is 6.92 Å². The van der Waals surface area contributed by atoms with Crippen LogP contribution >= 0.6 is 23.8 Å². The highest BCUT2D eigenvalue weighted by atomic mass is 32.2. The molecule has 0 amide bonds. The van der Waals surface area contributed by atoms with Gasteiger partial charge in [-0.05, 0) is 30.7 Å². The van der Waals surface area contributed by atoms with E-state index in [1.165, 1.54) is 11.5 Å². The van der Waals surface area contributed by atoms with Gasteiger partial charge in [-0.1, -0.05) is 0 Å². The maximum Gasteiger partial charge on any atom is 0.305 e. The molecule has 9 heavy (non-hydrogen) atoms. The molecule has 0 fully saturated rings. The summed E-state index contributed by atoms with van der Waals surface area (Å²) >= 11 is 6.04. The minimum Gasteiger partial charge on any atom is -0.465 e. The predicted molar refractivity (Wildman–Crippen MR) is 38.5 cm³/mol. The lowest BCUT2D eigenvalue weighted by molar-refractivity contribution is 0.317. The highest BCUT2D eigenvalue weighted by Gasteiger charge is 1.92. The summed E-state index contributed by atoms with van der Waals surface area (Å²) in [5.41, 5.74) is 0. The molecule has 50 valence electrons. The normalized spacial score (nSPS) is 9.44. The minimum absolute atomic E-state index is 0.521. The Morgan fingerprint density at radius 3 is 3.11 bits per heavy atom. The van der Waals surface area contributed by atoms with Crippen LogP contribution in [0.3, 0.4) is 0 Å². The van der Waals surface area contributed by atoms with Gasteiger partial charge in [0.25, 0.3) is 0 Å². The molecule has 0 radical (unpaired) electrons. The number of ether oxygens (including phenoxy) is 1. The Labute approximate surface area is 61.9 Å². The number of hydrogen-bond acceptors (Lipinski definition) is 4. The van der Waals surface area contributed by atoms with Crippen molar-refractivity contribution in [3.8, 4) is 6.01 Å². The lowest BCUT2D eigenvalue weighted by atomic mass is 10.9. The molecule has 0 aliphatic heterocycles. The van der Waals surface area contributed by atoms with Crippen molar-refractivity contribution in [2.24, 2.45) is 0 Å². The van der Waals surface area contributed by atoms with Gasteiger partial charge in [0.2, 0.25) is 3.95 Å². The molecule has 0 saturated carbocycles. The number of nitrogens with one attached hydrogen (secondary N) is 1. The fraction of sp³-hybridized carbons (Fsp3) is 0.500. The first-order chi connectivity index (χ1) is 4.33. The number of H-pyrrole nitrogens is 1. The Balaban J connectivity index is 2.73. The number of aromatic amines is 1. The van der Waals surface area contributed by atoms with Gasteiger partial charge in [-0.15, -0.1) is 0 Å². The minimum atomic E-state index is 0.521. The Morgan fingerprint density at radius 1 is 1.89 bits per heavy atom. The molecule has 0 aliphatic carbocycles. The van der Waals surface area contributed by atoms with Crippen LogP contribution in [0.15, 0.2) is 0 Å². The van der Waals surface area contributed by atoms with E-state index in [4.69, 9.17) is 17.0 Å². The van der Waals surface area contributed by atoms with E-state index in [1.54, 1.807) is 0 Å². The van der Waals surface area contributed by atoms with Crippen molar-refractivity contribution in [1.82, 2.24) is 9.36 Å². The molecular weight excluding hydrogens is 156 g/mol. The van der Waals surface area contributed by atoms with Gasteiger partial charge < -0.3 is 4.74 Å². The maximum absolute atomic E-state index is 5.00. The maximum atomic E-state index is 5.00. The van der Waals surface area contributed by atoms with E-state index in [0.717, 1.165) is 0 Å². The third-order valence-electron chi connectivity index (χ3n) is 0.700. The van der Waals surface area contributed by atoms with Crippen molar-refractivity contribution in [2.45, 2.75) is 6.92 Å². The summed E-state index contributed by atoms with van der Waals surface area (Å²) in [6.45, 7) is 2.52. The first kappa shape index (κ1) is 6.70. The molecule has 0 saturated heterocycles. The summed E-state index contributed by atoms with van der Waals surface area (Å²) in [6, 6.07) is 0.521. The third-order valence-corrected chi connectivity index (χ3v) is 1.58. The van der Waals surface area contributed by atoms with Crippen LogP contribution in [0.2, 0.25) is 0 Å². The monoisotopic (exact) mass is 162 g/mol. The van der Waals surface area contributed by atoms with E-state index in [-0.39, 0.29) is 0 Å². The van der Waals surface area contributed by atoms with Crippen LogP contribution in [0.1, 0.15) is 6.92 Å². The first-order valence-electron chi connectivity index (χ1n) is 2.51. The van der Waals surface area contributed by atoms with Crippen molar-refractivity contribution in [2.75, 3.05) is 6.61 Å². The SMILES string of the molecule is CCOc1nc(=S)s[nH]1. The van der Waals surface area contributed by atoms with Crippen molar-refractivity contribution in [3.05, 3.63) is 3.95 Å². The molecule has 1 aromatic rings. The molecule has 1 N–H and O–H groups in total. The van der Waals surface area contributed by atoms with E-state index in [0.29, 0.717) is 16.6 Å². The Hall–Kier alpha value is -0.420. The molecule has 0 aromatic carbocycles. The Morgan fingerprint density at radius 2 is 2.67 bits per heavy atom. The second kappa shape index (κ2) is 2.93. The summed E-state index contributed by atoms with van der Waals surface area (Å²) in [5.74, 6) is 0. The third kappa shape index (κ3) is 1.76. The lowest BCUT2D eigenvalue weighted by Crippen LogP contribution is -1.91. The zero-order valence-corrected chi connectivity index (χ0v) is 6.51. The van der Waals surface area contributed by atoms with Crippen LogP contribution in [0.5, 0.6) is 6.01 Å². The summed E-state index contributed by atoms with van der Waals surface area (Å²) in [4.78, 5) is 3.86. The second-order valence-corrected chi connectivity index (χ2v) is 2.76. The van der Waals surface area contributed by atoms with Crippen LogP contribution in [0.4, 0.5) is 0 Å². The predicted octanol–water partition coefficient (Wildman–Crippen LogP) is 1.60. The van der Waals surface area contributed by atoms with Gasteiger partial charge in [0.15, 0.2) is 0 Å². The summed E-state index contributed by atoms with van der Waals surface area (Å²) < 4.78 is 8.40. The highest BCUT2D eigenvalue weighted by Crippen LogP contribution is 2.04. The Kier molecular flexibility index (Phi) is 2.18. The van der Waals surface area contributed by atoms with E-state index in [2.05, 4.69) is 9.36 Å². The number of hydrogen-bond donors (Lipinski definition) is 1. The average molecular weight is 162 g/mol. The molecule has 0 bridgehead atoms. The molecule has 0 aliphatic rings. The summed E-state index contributed by atoms with van der Waals surface area (Å²) in [6.07, 6.45) is 0.